The van der Waals surface area contributed by atoms with Crippen molar-refractivity contribution < 1.29 is 28.9 Å². The third-order valence-electron chi connectivity index (χ3n) is 5.76. The van der Waals surface area contributed by atoms with Crippen molar-refractivity contribution >= 4 is 29.1 Å². The van der Waals surface area contributed by atoms with Gasteiger partial charge in [0.05, 0.1) is 18.5 Å². The first-order valence-corrected chi connectivity index (χ1v) is 12.4. The standard InChI is InChI=1S/C31H29N3O6/c1-38-27-17-16-21(20-26(27)35)30(40-31(37)33-22-10-4-2-5-11-22)28(39-23-12-6-3-7-13-23)18-19-29(36)34-25-15-9-8-14-24(25)32/h2-20,28,30,35H,32H2,1H3,(H,33,37)(H,34,36)/b19-18+/t28-,30-/m1/s1. The van der Waals surface area contributed by atoms with Crippen LogP contribution in [0.3, 0.4) is 0 Å². The number of nitrogen functional groups attached to an aromatic ring is 1. The summed E-state index contributed by atoms with van der Waals surface area (Å²) in [6, 6.07) is 29.1. The van der Waals surface area contributed by atoms with Crippen LogP contribution in [0.2, 0.25) is 0 Å². The number of nitrogens with one attached hydrogen (secondary N) is 2. The fraction of sp³-hybridized carbons (Fsp3) is 0.0968. The van der Waals surface area contributed by atoms with Crippen LogP contribution in [0, 0.1) is 0 Å². The number of phenols is 1. The van der Waals surface area contributed by atoms with Crippen molar-refractivity contribution in [2.45, 2.75) is 12.2 Å². The highest BCUT2D eigenvalue weighted by Gasteiger charge is 2.29. The van der Waals surface area contributed by atoms with Crippen molar-refractivity contribution in [3.63, 3.8) is 0 Å². The largest absolute Gasteiger partial charge is 0.504 e. The molecule has 0 saturated heterocycles. The summed E-state index contributed by atoms with van der Waals surface area (Å²) in [5.41, 5.74) is 7.74. The summed E-state index contributed by atoms with van der Waals surface area (Å²) in [6.45, 7) is 0. The predicted octanol–water partition coefficient (Wildman–Crippen LogP) is 5.92. The Bertz CT molecular complexity index is 1460. The molecule has 9 nitrogen and oxygen atoms in total. The number of methoxy groups -OCH3 is 1. The number of carbonyl (C=O) groups excluding carboxylic acids is 2. The number of para-hydroxylation sites is 4. The van der Waals surface area contributed by atoms with Crippen LogP contribution in [-0.2, 0) is 9.53 Å². The number of hydrogen-bond donors (Lipinski definition) is 4. The van der Waals surface area contributed by atoms with Crippen LogP contribution in [0.5, 0.6) is 17.2 Å². The number of ether oxygens (including phenoxy) is 3. The van der Waals surface area contributed by atoms with Gasteiger partial charge in [0.25, 0.3) is 0 Å². The summed E-state index contributed by atoms with van der Waals surface area (Å²) in [5.74, 6) is 0.0910. The van der Waals surface area contributed by atoms with E-state index in [1.807, 2.05) is 12.1 Å². The molecule has 0 spiro atoms. The molecular weight excluding hydrogens is 510 g/mol. The summed E-state index contributed by atoms with van der Waals surface area (Å²) in [7, 11) is 1.43. The average molecular weight is 540 g/mol. The first-order valence-electron chi connectivity index (χ1n) is 12.4. The lowest BCUT2D eigenvalue weighted by Crippen LogP contribution is -2.30. The number of carbonyl (C=O) groups is 2. The van der Waals surface area contributed by atoms with Crippen molar-refractivity contribution in [1.29, 1.82) is 0 Å². The smallest absolute Gasteiger partial charge is 0.412 e. The summed E-state index contributed by atoms with van der Waals surface area (Å²) >= 11 is 0. The second-order valence-electron chi connectivity index (χ2n) is 8.58. The molecule has 5 N–H and O–H groups in total. The number of amides is 2. The van der Waals surface area contributed by atoms with Crippen molar-refractivity contribution in [3.8, 4) is 17.2 Å². The molecule has 0 heterocycles. The van der Waals surface area contributed by atoms with E-state index in [0.717, 1.165) is 0 Å². The normalized spacial score (nSPS) is 12.2. The van der Waals surface area contributed by atoms with Gasteiger partial charge in [-0.1, -0.05) is 54.6 Å². The third-order valence-corrected chi connectivity index (χ3v) is 5.76. The van der Waals surface area contributed by atoms with Crippen molar-refractivity contribution in [2.24, 2.45) is 0 Å². The number of anilines is 3. The summed E-state index contributed by atoms with van der Waals surface area (Å²) in [6.07, 6.45) is -0.0943. The van der Waals surface area contributed by atoms with E-state index in [9.17, 15) is 14.7 Å². The highest BCUT2D eigenvalue weighted by molar-refractivity contribution is 6.01. The molecule has 4 aromatic rings. The van der Waals surface area contributed by atoms with Gasteiger partial charge in [-0.2, -0.15) is 0 Å². The van der Waals surface area contributed by atoms with E-state index in [-0.39, 0.29) is 11.5 Å². The average Bonchev–Trinajstić information content (AvgIpc) is 2.96. The van der Waals surface area contributed by atoms with Gasteiger partial charge in [-0.3, -0.25) is 10.1 Å². The molecule has 2 atom stereocenters. The van der Waals surface area contributed by atoms with Crippen LogP contribution >= 0.6 is 0 Å². The lowest BCUT2D eigenvalue weighted by Gasteiger charge is -2.26. The topological polar surface area (TPSA) is 132 Å². The fourth-order valence-corrected chi connectivity index (χ4v) is 3.82. The highest BCUT2D eigenvalue weighted by Crippen LogP contribution is 2.34. The van der Waals surface area contributed by atoms with Crippen LogP contribution in [0.25, 0.3) is 0 Å². The van der Waals surface area contributed by atoms with E-state index in [1.54, 1.807) is 84.9 Å². The Morgan fingerprint density at radius 1 is 0.875 bits per heavy atom. The number of benzene rings is 4. The van der Waals surface area contributed by atoms with Crippen LogP contribution in [0.1, 0.15) is 11.7 Å². The maximum absolute atomic E-state index is 13.0. The molecule has 0 bridgehead atoms. The minimum Gasteiger partial charge on any atom is -0.504 e. The Morgan fingerprint density at radius 2 is 1.55 bits per heavy atom. The molecule has 2 amide bonds. The first kappa shape index (κ1) is 27.6. The third kappa shape index (κ3) is 7.55. The fourth-order valence-electron chi connectivity index (χ4n) is 3.82. The summed E-state index contributed by atoms with van der Waals surface area (Å²) in [4.78, 5) is 25.8. The minimum absolute atomic E-state index is 0.156. The molecule has 4 aromatic carbocycles. The van der Waals surface area contributed by atoms with E-state index in [2.05, 4.69) is 10.6 Å². The number of phenolic OH excluding ortho intramolecular Hbond substituents is 1. The molecular formula is C31H29N3O6. The Hall–Kier alpha value is -5.44. The quantitative estimate of drug-likeness (QED) is 0.145. The van der Waals surface area contributed by atoms with Crippen LogP contribution in [0.15, 0.2) is 115 Å². The molecule has 40 heavy (non-hydrogen) atoms. The minimum atomic E-state index is -1.09. The van der Waals surface area contributed by atoms with Crippen molar-refractivity contribution in [2.75, 3.05) is 23.5 Å². The highest BCUT2D eigenvalue weighted by atomic mass is 16.6. The molecule has 0 aliphatic heterocycles. The van der Waals surface area contributed by atoms with Gasteiger partial charge in [-0.25, -0.2) is 4.79 Å². The number of nitrogens with two attached hydrogens (primary N) is 1. The Kier molecular flexibility index (Phi) is 9.23. The molecule has 0 aromatic heterocycles. The number of aromatic hydroxyl groups is 1. The second-order valence-corrected chi connectivity index (χ2v) is 8.58. The zero-order chi connectivity index (χ0) is 28.3. The van der Waals surface area contributed by atoms with Gasteiger partial charge in [0.15, 0.2) is 23.7 Å². The molecule has 0 unspecified atom stereocenters. The molecule has 0 aliphatic rings. The van der Waals surface area contributed by atoms with Crippen molar-refractivity contribution in [3.05, 3.63) is 121 Å². The van der Waals surface area contributed by atoms with Gasteiger partial charge in [0.1, 0.15) is 5.75 Å². The summed E-state index contributed by atoms with van der Waals surface area (Å²) in [5, 5.41) is 15.9. The lowest BCUT2D eigenvalue weighted by atomic mass is 10.0. The maximum atomic E-state index is 13.0. The van der Waals surface area contributed by atoms with E-state index in [4.69, 9.17) is 19.9 Å². The van der Waals surface area contributed by atoms with E-state index in [1.165, 1.54) is 25.3 Å². The van der Waals surface area contributed by atoms with Gasteiger partial charge in [-0.15, -0.1) is 0 Å². The van der Waals surface area contributed by atoms with Crippen LogP contribution < -0.4 is 25.8 Å². The number of rotatable bonds is 10. The van der Waals surface area contributed by atoms with Crippen LogP contribution in [-0.4, -0.2) is 30.3 Å². The van der Waals surface area contributed by atoms with Gasteiger partial charge in [0.2, 0.25) is 5.91 Å². The van der Waals surface area contributed by atoms with Gasteiger partial charge in [-0.05, 0) is 54.6 Å². The molecule has 9 heteroatoms. The van der Waals surface area contributed by atoms with Crippen molar-refractivity contribution in [1.82, 2.24) is 0 Å². The second kappa shape index (κ2) is 13.4. The van der Waals surface area contributed by atoms with E-state index < -0.39 is 24.2 Å². The predicted molar refractivity (Wildman–Crippen MR) is 153 cm³/mol. The van der Waals surface area contributed by atoms with Gasteiger partial charge in [0, 0.05) is 17.3 Å². The number of hydrogen-bond acceptors (Lipinski definition) is 7. The van der Waals surface area contributed by atoms with Gasteiger partial charge >= 0.3 is 6.09 Å². The molecule has 204 valence electrons. The Labute approximate surface area is 231 Å². The summed E-state index contributed by atoms with van der Waals surface area (Å²) < 4.78 is 17.2. The van der Waals surface area contributed by atoms with Gasteiger partial charge < -0.3 is 30.4 Å². The molecule has 0 aliphatic carbocycles. The maximum Gasteiger partial charge on any atom is 0.412 e. The molecule has 0 fully saturated rings. The first-order chi connectivity index (χ1) is 19.4. The van der Waals surface area contributed by atoms with E-state index in [0.29, 0.717) is 28.4 Å². The van der Waals surface area contributed by atoms with E-state index >= 15 is 0 Å². The van der Waals surface area contributed by atoms with Crippen LogP contribution in [0.4, 0.5) is 21.9 Å². The SMILES string of the molecule is COc1ccc([C@@H](OC(=O)Nc2ccccc2)[C@@H](/C=C/C(=O)Nc2ccccc2N)Oc2ccccc2)cc1O. The Morgan fingerprint density at radius 3 is 2.23 bits per heavy atom. The lowest BCUT2D eigenvalue weighted by molar-refractivity contribution is -0.112. The molecule has 0 saturated carbocycles. The Balaban J connectivity index is 1.67. The zero-order valence-corrected chi connectivity index (χ0v) is 21.7. The zero-order valence-electron chi connectivity index (χ0n) is 21.7. The molecule has 4 rings (SSSR count). The monoisotopic (exact) mass is 539 g/mol. The molecule has 0 radical (unpaired) electrons.